The Morgan fingerprint density at radius 2 is 2.05 bits per heavy atom. The van der Waals surface area contributed by atoms with Gasteiger partial charge in [-0.3, -0.25) is 0 Å². The van der Waals surface area contributed by atoms with Crippen molar-refractivity contribution in [1.29, 1.82) is 0 Å². The van der Waals surface area contributed by atoms with Crippen molar-refractivity contribution in [2.75, 3.05) is 25.0 Å². The van der Waals surface area contributed by atoms with Crippen LogP contribution >= 0.6 is 11.6 Å². The number of nitrogens with zero attached hydrogens (tertiary/aromatic N) is 1. The SMILES string of the molecule is CCCOc1ccc(Cl)cc1NC1CCN(C(C)C)CC1. The summed E-state index contributed by atoms with van der Waals surface area (Å²) >= 11 is 6.13. The molecule has 4 heteroatoms. The van der Waals surface area contributed by atoms with Crippen molar-refractivity contribution in [3.63, 3.8) is 0 Å². The maximum Gasteiger partial charge on any atom is 0.142 e. The molecule has 1 fully saturated rings. The van der Waals surface area contributed by atoms with E-state index in [1.807, 2.05) is 18.2 Å². The molecule has 3 nitrogen and oxygen atoms in total. The molecule has 21 heavy (non-hydrogen) atoms. The van der Waals surface area contributed by atoms with E-state index >= 15 is 0 Å². The molecule has 1 N–H and O–H groups in total. The molecule has 0 spiro atoms. The molecule has 0 saturated carbocycles. The second-order valence-electron chi connectivity index (χ2n) is 6.04. The van der Waals surface area contributed by atoms with E-state index in [0.29, 0.717) is 12.1 Å². The summed E-state index contributed by atoms with van der Waals surface area (Å²) in [7, 11) is 0. The first-order valence-electron chi connectivity index (χ1n) is 8.03. The number of hydrogen-bond donors (Lipinski definition) is 1. The molecule has 0 aliphatic carbocycles. The van der Waals surface area contributed by atoms with Gasteiger partial charge < -0.3 is 15.0 Å². The number of rotatable bonds is 6. The second kappa shape index (κ2) is 7.90. The maximum absolute atomic E-state index is 6.13. The number of piperidine rings is 1. The van der Waals surface area contributed by atoms with Crippen molar-refractivity contribution in [2.45, 2.75) is 52.1 Å². The summed E-state index contributed by atoms with van der Waals surface area (Å²) in [5.41, 5.74) is 1.03. The Kier molecular flexibility index (Phi) is 6.19. The van der Waals surface area contributed by atoms with Gasteiger partial charge >= 0.3 is 0 Å². The average Bonchev–Trinajstić information content (AvgIpc) is 2.47. The van der Waals surface area contributed by atoms with E-state index in [0.717, 1.165) is 55.4 Å². The highest BCUT2D eigenvalue weighted by Crippen LogP contribution is 2.30. The average molecular weight is 311 g/mol. The predicted molar refractivity (Wildman–Crippen MR) is 90.6 cm³/mol. The molecule has 0 bridgehead atoms. The van der Waals surface area contributed by atoms with Gasteiger partial charge in [-0.25, -0.2) is 0 Å². The number of nitrogens with one attached hydrogen (secondary N) is 1. The molecule has 0 atom stereocenters. The first-order valence-corrected chi connectivity index (χ1v) is 8.41. The van der Waals surface area contributed by atoms with Crippen LogP contribution in [-0.4, -0.2) is 36.7 Å². The molecule has 118 valence electrons. The smallest absolute Gasteiger partial charge is 0.142 e. The Labute approximate surface area is 133 Å². The summed E-state index contributed by atoms with van der Waals surface area (Å²) in [6, 6.07) is 6.97. The molecular formula is C17H27ClN2O. The van der Waals surface area contributed by atoms with E-state index in [4.69, 9.17) is 16.3 Å². The lowest BCUT2D eigenvalue weighted by atomic mass is 10.0. The van der Waals surface area contributed by atoms with Crippen molar-refractivity contribution in [3.8, 4) is 5.75 Å². The molecule has 0 unspecified atom stereocenters. The Balaban J connectivity index is 1.97. The normalized spacial score (nSPS) is 17.2. The van der Waals surface area contributed by atoms with Crippen LogP contribution in [0.1, 0.15) is 40.0 Å². The standard InChI is InChI=1S/C17H27ClN2O/c1-4-11-21-17-6-5-14(18)12-16(17)19-15-7-9-20(10-8-15)13(2)3/h5-6,12-13,15,19H,4,7-11H2,1-3H3. The highest BCUT2D eigenvalue weighted by atomic mass is 35.5. The van der Waals surface area contributed by atoms with Gasteiger partial charge in [0.05, 0.1) is 12.3 Å². The third kappa shape index (κ3) is 4.79. The monoisotopic (exact) mass is 310 g/mol. The van der Waals surface area contributed by atoms with Crippen LogP contribution in [0.5, 0.6) is 5.75 Å². The van der Waals surface area contributed by atoms with Crippen molar-refractivity contribution in [2.24, 2.45) is 0 Å². The number of ether oxygens (including phenoxy) is 1. The number of anilines is 1. The lowest BCUT2D eigenvalue weighted by molar-refractivity contribution is 0.177. The van der Waals surface area contributed by atoms with Gasteiger partial charge in [-0.15, -0.1) is 0 Å². The van der Waals surface area contributed by atoms with E-state index in [1.165, 1.54) is 0 Å². The number of halogens is 1. The number of hydrogen-bond acceptors (Lipinski definition) is 3. The molecule has 0 amide bonds. The number of likely N-dealkylation sites (tertiary alicyclic amines) is 1. The van der Waals surface area contributed by atoms with Crippen LogP contribution in [0.4, 0.5) is 5.69 Å². The zero-order valence-electron chi connectivity index (χ0n) is 13.4. The summed E-state index contributed by atoms with van der Waals surface area (Å²) in [5.74, 6) is 0.910. The van der Waals surface area contributed by atoms with Crippen LogP contribution in [0.3, 0.4) is 0 Å². The third-order valence-corrected chi connectivity index (χ3v) is 4.26. The lowest BCUT2D eigenvalue weighted by Gasteiger charge is -2.35. The van der Waals surface area contributed by atoms with Gasteiger partial charge in [0.25, 0.3) is 0 Å². The van der Waals surface area contributed by atoms with E-state index < -0.39 is 0 Å². The molecule has 0 radical (unpaired) electrons. The predicted octanol–water partition coefficient (Wildman–Crippen LogP) is 4.41. The van der Waals surface area contributed by atoms with Crippen molar-refractivity contribution in [1.82, 2.24) is 4.90 Å². The summed E-state index contributed by atoms with van der Waals surface area (Å²) in [4.78, 5) is 2.53. The van der Waals surface area contributed by atoms with Gasteiger partial charge in [0, 0.05) is 30.2 Å². The molecule has 2 rings (SSSR count). The third-order valence-electron chi connectivity index (χ3n) is 4.02. The van der Waals surface area contributed by atoms with Gasteiger partial charge in [-0.05, 0) is 51.3 Å². The fourth-order valence-electron chi connectivity index (χ4n) is 2.73. The van der Waals surface area contributed by atoms with Gasteiger partial charge in [0.15, 0.2) is 0 Å². The quantitative estimate of drug-likeness (QED) is 0.842. The van der Waals surface area contributed by atoms with E-state index in [-0.39, 0.29) is 0 Å². The maximum atomic E-state index is 6.13. The van der Waals surface area contributed by atoms with Crippen molar-refractivity contribution in [3.05, 3.63) is 23.2 Å². The Morgan fingerprint density at radius 1 is 1.33 bits per heavy atom. The fourth-order valence-corrected chi connectivity index (χ4v) is 2.91. The summed E-state index contributed by atoms with van der Waals surface area (Å²) in [6.07, 6.45) is 3.34. The van der Waals surface area contributed by atoms with E-state index in [2.05, 4.69) is 31.0 Å². The van der Waals surface area contributed by atoms with Crippen LogP contribution in [0.15, 0.2) is 18.2 Å². The second-order valence-corrected chi connectivity index (χ2v) is 6.47. The zero-order chi connectivity index (χ0) is 15.2. The van der Waals surface area contributed by atoms with Crippen LogP contribution in [0.25, 0.3) is 0 Å². The van der Waals surface area contributed by atoms with E-state index in [1.54, 1.807) is 0 Å². The van der Waals surface area contributed by atoms with Crippen LogP contribution in [0.2, 0.25) is 5.02 Å². The molecule has 1 saturated heterocycles. The molecule has 0 aromatic heterocycles. The summed E-state index contributed by atoms with van der Waals surface area (Å²) in [6.45, 7) is 9.69. The summed E-state index contributed by atoms with van der Waals surface area (Å²) < 4.78 is 5.81. The minimum Gasteiger partial charge on any atom is -0.491 e. The minimum absolute atomic E-state index is 0.502. The highest BCUT2D eigenvalue weighted by molar-refractivity contribution is 6.30. The molecule has 1 aromatic carbocycles. The van der Waals surface area contributed by atoms with Gasteiger partial charge in [-0.1, -0.05) is 18.5 Å². The lowest BCUT2D eigenvalue weighted by Crippen LogP contribution is -2.42. The Bertz CT molecular complexity index is 442. The van der Waals surface area contributed by atoms with Crippen LogP contribution < -0.4 is 10.1 Å². The number of benzene rings is 1. The molecule has 1 heterocycles. The Hall–Kier alpha value is -0.930. The first-order chi connectivity index (χ1) is 10.1. The van der Waals surface area contributed by atoms with Crippen LogP contribution in [-0.2, 0) is 0 Å². The van der Waals surface area contributed by atoms with Crippen molar-refractivity contribution < 1.29 is 4.74 Å². The van der Waals surface area contributed by atoms with Gasteiger partial charge in [-0.2, -0.15) is 0 Å². The first kappa shape index (κ1) is 16.4. The van der Waals surface area contributed by atoms with Crippen LogP contribution in [0, 0.1) is 0 Å². The fraction of sp³-hybridized carbons (Fsp3) is 0.647. The van der Waals surface area contributed by atoms with Crippen molar-refractivity contribution >= 4 is 17.3 Å². The largest absolute Gasteiger partial charge is 0.491 e. The van der Waals surface area contributed by atoms with Gasteiger partial charge in [0.1, 0.15) is 5.75 Å². The van der Waals surface area contributed by atoms with Gasteiger partial charge in [0.2, 0.25) is 0 Å². The molecule has 1 aromatic rings. The van der Waals surface area contributed by atoms with E-state index in [9.17, 15) is 0 Å². The zero-order valence-corrected chi connectivity index (χ0v) is 14.1. The minimum atomic E-state index is 0.502. The highest BCUT2D eigenvalue weighted by Gasteiger charge is 2.21. The molecule has 1 aliphatic rings. The summed E-state index contributed by atoms with van der Waals surface area (Å²) in [5, 5.41) is 4.37. The Morgan fingerprint density at radius 3 is 2.67 bits per heavy atom. The topological polar surface area (TPSA) is 24.5 Å². The molecular weight excluding hydrogens is 284 g/mol. The molecule has 1 aliphatic heterocycles.